The van der Waals surface area contributed by atoms with Crippen LogP contribution in [0.25, 0.3) is 0 Å². The van der Waals surface area contributed by atoms with Crippen molar-refractivity contribution in [3.05, 3.63) is 30.1 Å². The summed E-state index contributed by atoms with van der Waals surface area (Å²) in [4.78, 5) is 17.6. The van der Waals surface area contributed by atoms with Crippen LogP contribution in [0.2, 0.25) is 0 Å². The third-order valence-corrected chi connectivity index (χ3v) is 4.30. The Kier molecular flexibility index (Phi) is 4.18. The molecule has 2 rings (SSSR count). The third-order valence-electron chi connectivity index (χ3n) is 3.30. The Morgan fingerprint density at radius 1 is 1.65 bits per heavy atom. The molecular weight excluding hydrogens is 232 g/mol. The number of pyridine rings is 1. The minimum Gasteiger partial charge on any atom is -0.299 e. The first kappa shape index (κ1) is 12.6. The topological polar surface area (TPSA) is 33.2 Å². The second kappa shape index (κ2) is 5.65. The summed E-state index contributed by atoms with van der Waals surface area (Å²) in [7, 11) is 2.15. The Bertz CT molecular complexity index is 382. The summed E-state index contributed by atoms with van der Waals surface area (Å²) in [6.45, 7) is 2.74. The highest BCUT2D eigenvalue weighted by atomic mass is 32.2. The van der Waals surface area contributed by atoms with Crippen molar-refractivity contribution >= 4 is 16.9 Å². The van der Waals surface area contributed by atoms with Crippen molar-refractivity contribution in [2.24, 2.45) is 5.92 Å². The smallest absolute Gasteiger partial charge is 0.185 e. The third kappa shape index (κ3) is 3.07. The fourth-order valence-electron chi connectivity index (χ4n) is 2.50. The van der Waals surface area contributed by atoms with E-state index < -0.39 is 0 Å². The molecule has 1 saturated heterocycles. The predicted molar refractivity (Wildman–Crippen MR) is 70.9 cm³/mol. The Labute approximate surface area is 107 Å². The quantitative estimate of drug-likeness (QED) is 0.824. The average Bonchev–Trinajstić information content (AvgIpc) is 2.69. The molecule has 92 valence electrons. The van der Waals surface area contributed by atoms with E-state index >= 15 is 0 Å². The molecule has 0 radical (unpaired) electrons. The maximum atomic E-state index is 11.1. The van der Waals surface area contributed by atoms with E-state index in [2.05, 4.69) is 23.0 Å². The molecule has 2 atom stereocenters. The van der Waals surface area contributed by atoms with E-state index in [9.17, 15) is 4.79 Å². The number of hydrogen-bond acceptors (Lipinski definition) is 4. The van der Waals surface area contributed by atoms with E-state index in [0.29, 0.717) is 12.0 Å². The first-order valence-electron chi connectivity index (χ1n) is 5.92. The molecule has 1 aliphatic rings. The monoisotopic (exact) mass is 250 g/mol. The molecule has 0 spiro atoms. The highest BCUT2D eigenvalue weighted by Crippen LogP contribution is 2.37. The van der Waals surface area contributed by atoms with Crippen LogP contribution in [0.5, 0.6) is 0 Å². The van der Waals surface area contributed by atoms with E-state index in [4.69, 9.17) is 0 Å². The van der Waals surface area contributed by atoms with Crippen molar-refractivity contribution in [3.8, 4) is 0 Å². The van der Waals surface area contributed by atoms with Crippen molar-refractivity contribution in [3.63, 3.8) is 0 Å². The van der Waals surface area contributed by atoms with Crippen molar-refractivity contribution < 1.29 is 4.79 Å². The molecular formula is C13H18N2OS. The van der Waals surface area contributed by atoms with Crippen LogP contribution in [0.4, 0.5) is 0 Å². The molecule has 17 heavy (non-hydrogen) atoms. The Morgan fingerprint density at radius 2 is 2.47 bits per heavy atom. The Hall–Kier alpha value is -0.870. The maximum absolute atomic E-state index is 11.1. The Balaban J connectivity index is 2.09. The summed E-state index contributed by atoms with van der Waals surface area (Å²) in [5.74, 6) is 1.47. The van der Waals surface area contributed by atoms with Gasteiger partial charge in [0.05, 0.1) is 0 Å². The summed E-state index contributed by atoms with van der Waals surface area (Å²) in [6.07, 6.45) is 4.91. The number of thioether (sulfide) groups is 1. The van der Waals surface area contributed by atoms with E-state index in [-0.39, 0.29) is 5.12 Å². The van der Waals surface area contributed by atoms with Crippen molar-refractivity contribution in [1.29, 1.82) is 0 Å². The molecule has 0 aliphatic carbocycles. The van der Waals surface area contributed by atoms with Crippen LogP contribution in [-0.2, 0) is 4.79 Å². The number of hydrogen-bond donors (Lipinski definition) is 0. The van der Waals surface area contributed by atoms with Gasteiger partial charge in [0, 0.05) is 31.1 Å². The molecule has 4 heteroatoms. The molecule has 1 aliphatic heterocycles. The fourth-order valence-corrected chi connectivity index (χ4v) is 3.30. The first-order chi connectivity index (χ1) is 8.18. The van der Waals surface area contributed by atoms with Gasteiger partial charge < -0.3 is 0 Å². The first-order valence-corrected chi connectivity index (χ1v) is 6.90. The largest absolute Gasteiger partial charge is 0.299 e. The molecule has 0 aromatic carbocycles. The van der Waals surface area contributed by atoms with E-state index in [0.717, 1.165) is 18.7 Å². The van der Waals surface area contributed by atoms with Gasteiger partial charge in [0.2, 0.25) is 0 Å². The minimum absolute atomic E-state index is 0.212. The van der Waals surface area contributed by atoms with Gasteiger partial charge in [-0.3, -0.25) is 14.7 Å². The van der Waals surface area contributed by atoms with Crippen LogP contribution in [-0.4, -0.2) is 34.3 Å². The molecule has 0 amide bonds. The van der Waals surface area contributed by atoms with Crippen molar-refractivity contribution in [2.45, 2.75) is 19.4 Å². The lowest BCUT2D eigenvalue weighted by Gasteiger charge is -2.24. The average molecular weight is 250 g/mol. The molecule has 1 aromatic rings. The molecule has 1 fully saturated rings. The van der Waals surface area contributed by atoms with Crippen LogP contribution < -0.4 is 0 Å². The second-order valence-corrected chi connectivity index (χ2v) is 5.76. The fraction of sp³-hybridized carbons (Fsp3) is 0.538. The molecule has 2 heterocycles. The molecule has 0 bridgehead atoms. The van der Waals surface area contributed by atoms with Gasteiger partial charge in [0.1, 0.15) is 0 Å². The number of nitrogens with zero attached hydrogens (tertiary/aromatic N) is 2. The van der Waals surface area contributed by atoms with Gasteiger partial charge in [-0.25, -0.2) is 0 Å². The normalized spacial score (nSPS) is 25.1. The maximum Gasteiger partial charge on any atom is 0.185 e. The molecule has 1 aromatic heterocycles. The molecule has 0 unspecified atom stereocenters. The number of rotatable bonds is 3. The summed E-state index contributed by atoms with van der Waals surface area (Å²) in [5.41, 5.74) is 1.27. The highest BCUT2D eigenvalue weighted by molar-refractivity contribution is 8.13. The van der Waals surface area contributed by atoms with Gasteiger partial charge in [-0.2, -0.15) is 0 Å². The zero-order valence-corrected chi connectivity index (χ0v) is 11.1. The Morgan fingerprint density at radius 3 is 3.12 bits per heavy atom. The van der Waals surface area contributed by atoms with Crippen LogP contribution >= 0.6 is 11.8 Å². The number of likely N-dealkylation sites (tertiary alicyclic amines) is 1. The van der Waals surface area contributed by atoms with Gasteiger partial charge in [-0.15, -0.1) is 0 Å². The number of aromatic nitrogens is 1. The lowest BCUT2D eigenvalue weighted by atomic mass is 9.97. The van der Waals surface area contributed by atoms with Gasteiger partial charge in [-0.05, 0) is 37.6 Å². The molecule has 0 N–H and O–H groups in total. The lowest BCUT2D eigenvalue weighted by molar-refractivity contribution is -0.109. The lowest BCUT2D eigenvalue weighted by Crippen LogP contribution is -2.22. The van der Waals surface area contributed by atoms with Gasteiger partial charge in [-0.1, -0.05) is 17.8 Å². The van der Waals surface area contributed by atoms with Crippen LogP contribution in [0, 0.1) is 5.92 Å². The number of carbonyl (C=O) groups is 1. The zero-order valence-electron chi connectivity index (χ0n) is 10.3. The molecule has 3 nitrogen and oxygen atoms in total. The summed E-state index contributed by atoms with van der Waals surface area (Å²) in [6, 6.07) is 4.53. The summed E-state index contributed by atoms with van der Waals surface area (Å²) in [5, 5.41) is 0.212. The zero-order chi connectivity index (χ0) is 12.3. The van der Waals surface area contributed by atoms with Gasteiger partial charge in [0.15, 0.2) is 5.12 Å². The summed E-state index contributed by atoms with van der Waals surface area (Å²) < 4.78 is 0. The van der Waals surface area contributed by atoms with Gasteiger partial charge >= 0.3 is 0 Å². The predicted octanol–water partition coefficient (Wildman–Crippen LogP) is 2.35. The molecule has 0 saturated carbocycles. The van der Waals surface area contributed by atoms with E-state index in [1.165, 1.54) is 17.3 Å². The standard InChI is InChI=1S/C13H18N2OS/c1-10(16)17-9-12-5-7-15(2)13(12)11-4-3-6-14-8-11/h3-4,6,8,12-13H,5,7,9H2,1-2H3/t12-,13+/m1/s1. The van der Waals surface area contributed by atoms with Crippen LogP contribution in [0.1, 0.15) is 24.9 Å². The number of carbonyl (C=O) groups excluding carboxylic acids is 1. The van der Waals surface area contributed by atoms with Crippen molar-refractivity contribution in [2.75, 3.05) is 19.3 Å². The highest BCUT2D eigenvalue weighted by Gasteiger charge is 2.33. The summed E-state index contributed by atoms with van der Waals surface area (Å²) >= 11 is 1.44. The van der Waals surface area contributed by atoms with Crippen molar-refractivity contribution in [1.82, 2.24) is 9.88 Å². The van der Waals surface area contributed by atoms with Gasteiger partial charge in [0.25, 0.3) is 0 Å². The minimum atomic E-state index is 0.212. The SMILES string of the molecule is CC(=O)SC[C@H]1CCN(C)[C@H]1c1cccnc1. The van der Waals surface area contributed by atoms with Crippen LogP contribution in [0.3, 0.4) is 0 Å². The van der Waals surface area contributed by atoms with E-state index in [1.807, 2.05) is 12.3 Å². The van der Waals surface area contributed by atoms with Crippen LogP contribution in [0.15, 0.2) is 24.5 Å². The second-order valence-electron chi connectivity index (χ2n) is 4.56. The van der Waals surface area contributed by atoms with E-state index in [1.54, 1.807) is 13.1 Å².